The molecule has 1 unspecified atom stereocenters. The quantitative estimate of drug-likeness (QED) is 0.789. The summed E-state index contributed by atoms with van der Waals surface area (Å²) in [4.78, 5) is 0. The van der Waals surface area contributed by atoms with Gasteiger partial charge >= 0.3 is 0 Å². The summed E-state index contributed by atoms with van der Waals surface area (Å²) >= 11 is 5.77. The number of benzene rings is 1. The van der Waals surface area contributed by atoms with Crippen LogP contribution in [0.5, 0.6) is 0 Å². The number of aliphatic hydroxyl groups excluding tert-OH is 1. The Balaban J connectivity index is 3.00. The Kier molecular flexibility index (Phi) is 3.30. The molecule has 0 bridgehead atoms. The zero-order valence-electron chi connectivity index (χ0n) is 7.29. The van der Waals surface area contributed by atoms with Crippen molar-refractivity contribution < 1.29 is 5.11 Å². The maximum absolute atomic E-state index is 9.54. The van der Waals surface area contributed by atoms with E-state index in [9.17, 15) is 5.11 Å². The maximum atomic E-state index is 9.54. The average molecular weight is 196 g/mol. The number of halogens is 1. The SMILES string of the molecule is Cc1ccc(Cl)cc1C(O)CC#N. The summed E-state index contributed by atoms with van der Waals surface area (Å²) < 4.78 is 0. The van der Waals surface area contributed by atoms with E-state index in [0.29, 0.717) is 5.02 Å². The molecule has 1 aromatic rings. The van der Waals surface area contributed by atoms with E-state index in [4.69, 9.17) is 16.9 Å². The van der Waals surface area contributed by atoms with E-state index in [1.165, 1.54) is 0 Å². The van der Waals surface area contributed by atoms with E-state index in [1.807, 2.05) is 19.1 Å². The third-order valence-electron chi connectivity index (χ3n) is 1.88. The van der Waals surface area contributed by atoms with Crippen LogP contribution < -0.4 is 0 Å². The van der Waals surface area contributed by atoms with Gasteiger partial charge in [-0.1, -0.05) is 17.7 Å². The average Bonchev–Trinajstić information content (AvgIpc) is 2.09. The molecular weight excluding hydrogens is 186 g/mol. The lowest BCUT2D eigenvalue weighted by Gasteiger charge is -2.10. The summed E-state index contributed by atoms with van der Waals surface area (Å²) in [5.74, 6) is 0. The highest BCUT2D eigenvalue weighted by Crippen LogP contribution is 2.23. The molecule has 0 fully saturated rings. The lowest BCUT2D eigenvalue weighted by Crippen LogP contribution is -1.98. The van der Waals surface area contributed by atoms with Gasteiger partial charge in [-0.15, -0.1) is 0 Å². The highest BCUT2D eigenvalue weighted by Gasteiger charge is 2.09. The minimum atomic E-state index is -0.733. The van der Waals surface area contributed by atoms with Gasteiger partial charge in [-0.25, -0.2) is 0 Å². The second-order valence-electron chi connectivity index (χ2n) is 2.88. The van der Waals surface area contributed by atoms with E-state index >= 15 is 0 Å². The summed E-state index contributed by atoms with van der Waals surface area (Å²) in [7, 11) is 0. The fourth-order valence-electron chi connectivity index (χ4n) is 1.17. The molecule has 1 N–H and O–H groups in total. The molecule has 13 heavy (non-hydrogen) atoms. The van der Waals surface area contributed by atoms with Gasteiger partial charge in [0, 0.05) is 5.02 Å². The molecule has 3 heteroatoms. The zero-order valence-corrected chi connectivity index (χ0v) is 8.04. The van der Waals surface area contributed by atoms with Gasteiger partial charge in [-0.2, -0.15) is 5.26 Å². The third kappa shape index (κ3) is 2.45. The molecule has 68 valence electrons. The predicted molar refractivity (Wildman–Crippen MR) is 51.4 cm³/mol. The van der Waals surface area contributed by atoms with E-state index in [1.54, 1.807) is 12.1 Å². The molecule has 0 saturated carbocycles. The van der Waals surface area contributed by atoms with E-state index in [-0.39, 0.29) is 6.42 Å². The second kappa shape index (κ2) is 4.27. The van der Waals surface area contributed by atoms with Crippen LogP contribution in [0.25, 0.3) is 0 Å². The molecule has 0 radical (unpaired) electrons. The Bertz CT molecular complexity index is 343. The first kappa shape index (κ1) is 10.0. The van der Waals surface area contributed by atoms with Gasteiger partial charge in [-0.05, 0) is 30.2 Å². The lowest BCUT2D eigenvalue weighted by molar-refractivity contribution is 0.182. The van der Waals surface area contributed by atoms with Crippen molar-refractivity contribution in [1.29, 1.82) is 5.26 Å². The molecule has 1 aromatic carbocycles. The summed E-state index contributed by atoms with van der Waals surface area (Å²) in [6, 6.07) is 7.21. The highest BCUT2D eigenvalue weighted by atomic mass is 35.5. The second-order valence-corrected chi connectivity index (χ2v) is 3.32. The first-order valence-electron chi connectivity index (χ1n) is 3.96. The lowest BCUT2D eigenvalue weighted by atomic mass is 10.0. The smallest absolute Gasteiger partial charge is 0.0922 e. The summed E-state index contributed by atoms with van der Waals surface area (Å²) in [5.41, 5.74) is 1.68. The van der Waals surface area contributed by atoms with Gasteiger partial charge in [-0.3, -0.25) is 0 Å². The molecule has 0 aliphatic carbocycles. The van der Waals surface area contributed by atoms with Crippen LogP contribution in [0, 0.1) is 18.3 Å². The van der Waals surface area contributed by atoms with Crippen LogP contribution in [0.1, 0.15) is 23.7 Å². The zero-order chi connectivity index (χ0) is 9.84. The largest absolute Gasteiger partial charge is 0.387 e. The minimum absolute atomic E-state index is 0.0984. The number of nitrogens with zero attached hydrogens (tertiary/aromatic N) is 1. The van der Waals surface area contributed by atoms with Gasteiger partial charge in [0.1, 0.15) is 0 Å². The Morgan fingerprint density at radius 2 is 2.31 bits per heavy atom. The monoisotopic (exact) mass is 195 g/mol. The van der Waals surface area contributed by atoms with Crippen molar-refractivity contribution in [2.24, 2.45) is 0 Å². The van der Waals surface area contributed by atoms with E-state index in [0.717, 1.165) is 11.1 Å². The van der Waals surface area contributed by atoms with E-state index < -0.39 is 6.10 Å². The normalized spacial score (nSPS) is 12.2. The fraction of sp³-hybridized carbons (Fsp3) is 0.300. The van der Waals surface area contributed by atoms with Crippen LogP contribution in [0.15, 0.2) is 18.2 Å². The van der Waals surface area contributed by atoms with Crippen LogP contribution in [-0.2, 0) is 0 Å². The number of nitriles is 1. The van der Waals surface area contributed by atoms with Crippen molar-refractivity contribution >= 4 is 11.6 Å². The molecule has 1 rings (SSSR count). The number of hydrogen-bond acceptors (Lipinski definition) is 2. The molecule has 1 atom stereocenters. The van der Waals surface area contributed by atoms with Crippen LogP contribution in [-0.4, -0.2) is 5.11 Å². The molecule has 0 aliphatic heterocycles. The standard InChI is InChI=1S/C10H10ClNO/c1-7-2-3-8(11)6-9(7)10(13)4-5-12/h2-3,6,10,13H,4H2,1H3. The number of aliphatic hydroxyl groups is 1. The molecule has 2 nitrogen and oxygen atoms in total. The number of aryl methyl sites for hydroxylation is 1. The van der Waals surface area contributed by atoms with Crippen molar-refractivity contribution in [3.63, 3.8) is 0 Å². The summed E-state index contributed by atoms with van der Waals surface area (Å²) in [6.45, 7) is 1.88. The first-order valence-corrected chi connectivity index (χ1v) is 4.34. The summed E-state index contributed by atoms with van der Waals surface area (Å²) in [6.07, 6.45) is -0.634. The third-order valence-corrected chi connectivity index (χ3v) is 2.12. The Hall–Kier alpha value is -1.04. The number of rotatable bonds is 2. The van der Waals surface area contributed by atoms with E-state index in [2.05, 4.69) is 0 Å². The predicted octanol–water partition coefficient (Wildman–Crippen LogP) is 2.60. The van der Waals surface area contributed by atoms with Gasteiger partial charge in [0.15, 0.2) is 0 Å². The molecule has 0 saturated heterocycles. The molecule has 0 aromatic heterocycles. The minimum Gasteiger partial charge on any atom is -0.387 e. The molecule has 0 amide bonds. The topological polar surface area (TPSA) is 44.0 Å². The maximum Gasteiger partial charge on any atom is 0.0922 e. The summed E-state index contributed by atoms with van der Waals surface area (Å²) in [5, 5.41) is 18.5. The van der Waals surface area contributed by atoms with Crippen LogP contribution in [0.2, 0.25) is 5.02 Å². The van der Waals surface area contributed by atoms with Crippen molar-refractivity contribution in [1.82, 2.24) is 0 Å². The molecular formula is C10H10ClNO. The Morgan fingerprint density at radius 3 is 2.92 bits per heavy atom. The van der Waals surface area contributed by atoms with Crippen molar-refractivity contribution in [3.8, 4) is 6.07 Å². The Morgan fingerprint density at radius 1 is 1.62 bits per heavy atom. The highest BCUT2D eigenvalue weighted by molar-refractivity contribution is 6.30. The van der Waals surface area contributed by atoms with Gasteiger partial charge < -0.3 is 5.11 Å². The molecule has 0 spiro atoms. The fourth-order valence-corrected chi connectivity index (χ4v) is 1.35. The molecule has 0 heterocycles. The first-order chi connectivity index (χ1) is 6.15. The van der Waals surface area contributed by atoms with Crippen LogP contribution >= 0.6 is 11.6 Å². The number of hydrogen-bond donors (Lipinski definition) is 1. The van der Waals surface area contributed by atoms with Gasteiger partial charge in [0.2, 0.25) is 0 Å². The van der Waals surface area contributed by atoms with Gasteiger partial charge in [0.25, 0.3) is 0 Å². The van der Waals surface area contributed by atoms with Crippen molar-refractivity contribution in [2.75, 3.05) is 0 Å². The van der Waals surface area contributed by atoms with Crippen molar-refractivity contribution in [3.05, 3.63) is 34.3 Å². The van der Waals surface area contributed by atoms with Crippen LogP contribution in [0.3, 0.4) is 0 Å². The van der Waals surface area contributed by atoms with Gasteiger partial charge in [0.05, 0.1) is 18.6 Å². The Labute approximate surface area is 82.4 Å². The molecule has 0 aliphatic rings. The van der Waals surface area contributed by atoms with Crippen molar-refractivity contribution in [2.45, 2.75) is 19.4 Å². The van der Waals surface area contributed by atoms with Crippen LogP contribution in [0.4, 0.5) is 0 Å².